The minimum atomic E-state index is -0.896. The average molecular weight is 243 g/mol. The van der Waals surface area contributed by atoms with Gasteiger partial charge in [-0.1, -0.05) is 0 Å². The van der Waals surface area contributed by atoms with Gasteiger partial charge in [0.05, 0.1) is 7.11 Å². The summed E-state index contributed by atoms with van der Waals surface area (Å²) in [5, 5.41) is 3.60. The molecule has 17 heavy (non-hydrogen) atoms. The molecule has 1 heterocycles. The second-order valence-electron chi connectivity index (χ2n) is 4.34. The lowest BCUT2D eigenvalue weighted by Crippen LogP contribution is -2.40. The number of urea groups is 1. The van der Waals surface area contributed by atoms with Gasteiger partial charge >= 0.3 is 6.03 Å². The van der Waals surface area contributed by atoms with E-state index in [1.165, 1.54) is 14.2 Å². The van der Waals surface area contributed by atoms with Crippen LogP contribution in [-0.2, 0) is 14.4 Å². The van der Waals surface area contributed by atoms with E-state index in [4.69, 9.17) is 4.84 Å². The average Bonchev–Trinajstić information content (AvgIpc) is 2.45. The predicted octanol–water partition coefficient (Wildman–Crippen LogP) is -0.273. The number of hydroxylamine groups is 2. The zero-order chi connectivity index (χ0) is 13.2. The highest BCUT2D eigenvalue weighted by Gasteiger charge is 2.44. The topological polar surface area (TPSA) is 79.0 Å². The van der Waals surface area contributed by atoms with Crippen molar-refractivity contribution in [2.75, 3.05) is 20.7 Å². The summed E-state index contributed by atoms with van der Waals surface area (Å²) in [4.78, 5) is 40.4. The number of amides is 4. The second-order valence-corrected chi connectivity index (χ2v) is 4.34. The van der Waals surface area contributed by atoms with Gasteiger partial charge in [-0.15, -0.1) is 0 Å². The van der Waals surface area contributed by atoms with E-state index >= 15 is 0 Å². The van der Waals surface area contributed by atoms with Crippen LogP contribution in [0.3, 0.4) is 0 Å². The number of hydrogen-bond donors (Lipinski definition) is 1. The Morgan fingerprint density at radius 1 is 1.47 bits per heavy atom. The molecule has 7 heteroatoms. The minimum absolute atomic E-state index is 0.0413. The fraction of sp³-hybridized carbons (Fsp3) is 0.700. The van der Waals surface area contributed by atoms with Crippen LogP contribution in [0.1, 0.15) is 20.3 Å². The van der Waals surface area contributed by atoms with E-state index in [9.17, 15) is 14.4 Å². The van der Waals surface area contributed by atoms with Gasteiger partial charge in [0.15, 0.2) is 0 Å². The van der Waals surface area contributed by atoms with Gasteiger partial charge in [-0.05, 0) is 13.8 Å². The summed E-state index contributed by atoms with van der Waals surface area (Å²) >= 11 is 0. The maximum atomic E-state index is 11.8. The van der Waals surface area contributed by atoms with Gasteiger partial charge in [-0.2, -0.15) is 0 Å². The summed E-state index contributed by atoms with van der Waals surface area (Å²) in [6.45, 7) is 3.30. The van der Waals surface area contributed by atoms with Crippen LogP contribution < -0.4 is 5.32 Å². The number of carbonyl (C=O) groups excluding carboxylic acids is 3. The van der Waals surface area contributed by atoms with E-state index in [1.54, 1.807) is 13.8 Å². The summed E-state index contributed by atoms with van der Waals surface area (Å²) in [7, 11) is 2.84. The standard InChI is InChI=1S/C10H17N3O4/c1-10(2)8(15)13(9(16)11-10)6-5-7(14)12(3)17-4/h5-6H2,1-4H3,(H,11,16). The largest absolute Gasteiger partial charge is 0.325 e. The molecule has 1 aliphatic heterocycles. The smallest absolute Gasteiger partial charge is 0.324 e. The molecule has 1 aliphatic rings. The Bertz CT molecular complexity index is 353. The highest BCUT2D eigenvalue weighted by Crippen LogP contribution is 2.16. The van der Waals surface area contributed by atoms with Crippen LogP contribution in [0.5, 0.6) is 0 Å². The van der Waals surface area contributed by atoms with Crippen LogP contribution in [0.25, 0.3) is 0 Å². The van der Waals surface area contributed by atoms with Crippen LogP contribution in [0.15, 0.2) is 0 Å². The van der Waals surface area contributed by atoms with E-state index in [-0.39, 0.29) is 24.8 Å². The van der Waals surface area contributed by atoms with Crippen LogP contribution in [0, 0.1) is 0 Å². The molecular formula is C10H17N3O4. The van der Waals surface area contributed by atoms with Crippen LogP contribution in [-0.4, -0.2) is 54.0 Å². The Labute approximate surface area is 99.6 Å². The van der Waals surface area contributed by atoms with Gasteiger partial charge in [0, 0.05) is 20.0 Å². The monoisotopic (exact) mass is 243 g/mol. The molecule has 0 atom stereocenters. The van der Waals surface area contributed by atoms with E-state index < -0.39 is 11.6 Å². The molecule has 0 spiro atoms. The minimum Gasteiger partial charge on any atom is -0.324 e. The molecule has 0 saturated carbocycles. The highest BCUT2D eigenvalue weighted by molar-refractivity contribution is 6.06. The van der Waals surface area contributed by atoms with Gasteiger partial charge < -0.3 is 5.32 Å². The van der Waals surface area contributed by atoms with Crippen molar-refractivity contribution >= 4 is 17.8 Å². The molecule has 0 unspecified atom stereocenters. The molecule has 7 nitrogen and oxygen atoms in total. The summed E-state index contributed by atoms with van der Waals surface area (Å²) in [5.74, 6) is -0.617. The first-order chi connectivity index (χ1) is 7.79. The molecule has 1 N–H and O–H groups in total. The maximum Gasteiger partial charge on any atom is 0.325 e. The Balaban J connectivity index is 2.56. The number of rotatable bonds is 4. The van der Waals surface area contributed by atoms with Crippen LogP contribution in [0.4, 0.5) is 4.79 Å². The predicted molar refractivity (Wildman–Crippen MR) is 58.7 cm³/mol. The fourth-order valence-corrected chi connectivity index (χ4v) is 1.49. The lowest BCUT2D eigenvalue weighted by molar-refractivity contribution is -0.168. The summed E-state index contributed by atoms with van der Waals surface area (Å²) in [5.41, 5.74) is -0.896. The lowest BCUT2D eigenvalue weighted by atomic mass is 10.1. The molecular weight excluding hydrogens is 226 g/mol. The molecule has 1 fully saturated rings. The molecule has 0 aromatic rings. The number of hydrogen-bond acceptors (Lipinski definition) is 4. The van der Waals surface area contributed by atoms with Gasteiger partial charge in [-0.3, -0.25) is 19.3 Å². The molecule has 96 valence electrons. The normalized spacial score (nSPS) is 18.2. The van der Waals surface area contributed by atoms with E-state index in [2.05, 4.69) is 5.32 Å². The molecule has 1 saturated heterocycles. The quantitative estimate of drug-likeness (QED) is 0.544. The zero-order valence-corrected chi connectivity index (χ0v) is 10.4. The van der Waals surface area contributed by atoms with E-state index in [0.717, 1.165) is 9.96 Å². The van der Waals surface area contributed by atoms with Crippen molar-refractivity contribution in [3.63, 3.8) is 0 Å². The third kappa shape index (κ3) is 2.73. The highest BCUT2D eigenvalue weighted by atomic mass is 16.7. The van der Waals surface area contributed by atoms with Crippen molar-refractivity contribution in [2.45, 2.75) is 25.8 Å². The first-order valence-corrected chi connectivity index (χ1v) is 5.24. The molecule has 4 amide bonds. The Hall–Kier alpha value is -1.63. The molecule has 0 bridgehead atoms. The molecule has 0 radical (unpaired) electrons. The van der Waals surface area contributed by atoms with Gasteiger partial charge in [0.1, 0.15) is 5.54 Å². The first-order valence-electron chi connectivity index (χ1n) is 5.24. The number of nitrogens with one attached hydrogen (secondary N) is 1. The Morgan fingerprint density at radius 3 is 2.47 bits per heavy atom. The van der Waals surface area contributed by atoms with Crippen molar-refractivity contribution < 1.29 is 19.2 Å². The summed E-state index contributed by atoms with van der Waals surface area (Å²) in [6.07, 6.45) is 0.0413. The van der Waals surface area contributed by atoms with Gasteiger partial charge in [-0.25, -0.2) is 9.86 Å². The Morgan fingerprint density at radius 2 is 2.06 bits per heavy atom. The number of carbonyl (C=O) groups is 3. The molecule has 0 aromatic carbocycles. The second kappa shape index (κ2) is 4.70. The lowest BCUT2D eigenvalue weighted by Gasteiger charge is -2.17. The van der Waals surface area contributed by atoms with Crippen molar-refractivity contribution in [1.29, 1.82) is 0 Å². The van der Waals surface area contributed by atoms with Crippen molar-refractivity contribution in [2.24, 2.45) is 0 Å². The fourth-order valence-electron chi connectivity index (χ4n) is 1.49. The van der Waals surface area contributed by atoms with E-state index in [1.807, 2.05) is 0 Å². The molecule has 0 aliphatic carbocycles. The molecule has 1 rings (SSSR count). The maximum absolute atomic E-state index is 11.8. The zero-order valence-electron chi connectivity index (χ0n) is 10.4. The van der Waals surface area contributed by atoms with Crippen molar-refractivity contribution in [3.8, 4) is 0 Å². The SMILES string of the molecule is CON(C)C(=O)CCN1C(=O)NC(C)(C)C1=O. The van der Waals surface area contributed by atoms with E-state index in [0.29, 0.717) is 0 Å². The first kappa shape index (κ1) is 13.4. The Kier molecular flexibility index (Phi) is 3.72. The summed E-state index contributed by atoms with van der Waals surface area (Å²) in [6, 6.07) is -0.465. The number of nitrogens with zero attached hydrogens (tertiary/aromatic N) is 2. The van der Waals surface area contributed by atoms with Crippen LogP contribution in [0.2, 0.25) is 0 Å². The molecule has 0 aromatic heterocycles. The number of imide groups is 1. The third-order valence-corrected chi connectivity index (χ3v) is 2.62. The van der Waals surface area contributed by atoms with Crippen molar-refractivity contribution in [3.05, 3.63) is 0 Å². The van der Waals surface area contributed by atoms with Crippen molar-refractivity contribution in [1.82, 2.24) is 15.3 Å². The summed E-state index contributed by atoms with van der Waals surface area (Å²) < 4.78 is 0. The van der Waals surface area contributed by atoms with Gasteiger partial charge in [0.2, 0.25) is 5.91 Å². The van der Waals surface area contributed by atoms with Gasteiger partial charge in [0.25, 0.3) is 5.91 Å². The third-order valence-electron chi connectivity index (χ3n) is 2.62. The van der Waals surface area contributed by atoms with Crippen LogP contribution >= 0.6 is 0 Å².